The van der Waals surface area contributed by atoms with Gasteiger partial charge in [-0.05, 0) is 24.1 Å². The third kappa shape index (κ3) is 3.37. The summed E-state index contributed by atoms with van der Waals surface area (Å²) in [6.45, 7) is 0. The van der Waals surface area contributed by atoms with E-state index in [4.69, 9.17) is 10.7 Å². The summed E-state index contributed by atoms with van der Waals surface area (Å²) in [5, 5.41) is 21.3. The molecule has 0 spiro atoms. The number of thioether (sulfide) groups is 1. The Morgan fingerprint density at radius 1 is 1.28 bits per heavy atom. The van der Waals surface area contributed by atoms with Crippen molar-refractivity contribution in [3.63, 3.8) is 0 Å². The van der Waals surface area contributed by atoms with E-state index in [-0.39, 0.29) is 10.1 Å². The van der Waals surface area contributed by atoms with Gasteiger partial charge in [-0.15, -0.1) is 11.8 Å². The first-order valence-electron chi connectivity index (χ1n) is 5.17. The molecular formula is C10H12ClNO4S2. The molecule has 1 aliphatic rings. The van der Waals surface area contributed by atoms with Crippen molar-refractivity contribution in [2.24, 2.45) is 0 Å². The van der Waals surface area contributed by atoms with Gasteiger partial charge >= 0.3 is 0 Å². The maximum atomic E-state index is 11.1. The van der Waals surface area contributed by atoms with Crippen LogP contribution in [0.1, 0.15) is 5.56 Å². The molecule has 0 aliphatic carbocycles. The maximum Gasteiger partial charge on any atom is 0.261 e. The molecule has 2 rings (SSSR count). The number of hydrogen-bond donors (Lipinski definition) is 3. The first-order valence-corrected chi connectivity index (χ1v) is 8.43. The third-order valence-electron chi connectivity index (χ3n) is 2.61. The topological polar surface area (TPSA) is 86.6 Å². The molecule has 5 nitrogen and oxygen atoms in total. The van der Waals surface area contributed by atoms with Crippen LogP contribution in [0.2, 0.25) is 0 Å². The van der Waals surface area contributed by atoms with Crippen molar-refractivity contribution in [2.45, 2.75) is 28.4 Å². The van der Waals surface area contributed by atoms with E-state index in [1.54, 1.807) is 12.1 Å². The normalized spacial score (nSPS) is 28.5. The Bertz CT molecular complexity index is 519. The first-order chi connectivity index (χ1) is 8.36. The minimum Gasteiger partial charge on any atom is -0.377 e. The molecule has 1 aromatic rings. The monoisotopic (exact) mass is 309 g/mol. The van der Waals surface area contributed by atoms with Gasteiger partial charge in [0.1, 0.15) is 6.23 Å². The van der Waals surface area contributed by atoms with Crippen molar-refractivity contribution in [3.8, 4) is 0 Å². The van der Waals surface area contributed by atoms with Gasteiger partial charge in [0, 0.05) is 10.7 Å². The Labute approximate surface area is 114 Å². The highest BCUT2D eigenvalue weighted by atomic mass is 35.7. The van der Waals surface area contributed by atoms with E-state index < -0.39 is 20.8 Å². The molecule has 0 radical (unpaired) electrons. The van der Waals surface area contributed by atoms with Crippen molar-refractivity contribution >= 4 is 31.5 Å². The van der Waals surface area contributed by atoms with Crippen LogP contribution in [0.25, 0.3) is 0 Å². The first kappa shape index (κ1) is 14.1. The van der Waals surface area contributed by atoms with Crippen LogP contribution in [-0.4, -0.2) is 35.7 Å². The van der Waals surface area contributed by atoms with Gasteiger partial charge in [0.05, 0.1) is 10.1 Å². The lowest BCUT2D eigenvalue weighted by atomic mass is 10.1. The second-order valence-electron chi connectivity index (χ2n) is 3.92. The minimum absolute atomic E-state index is 0.0469. The third-order valence-corrected chi connectivity index (χ3v) is 5.15. The molecule has 1 fully saturated rings. The zero-order valence-electron chi connectivity index (χ0n) is 9.15. The van der Waals surface area contributed by atoms with Crippen LogP contribution in [0.4, 0.5) is 0 Å². The Balaban J connectivity index is 2.07. The number of benzene rings is 1. The Morgan fingerprint density at radius 2 is 1.89 bits per heavy atom. The Hall–Kier alpha value is -0.310. The average Bonchev–Trinajstić information content (AvgIpc) is 2.57. The summed E-state index contributed by atoms with van der Waals surface area (Å²) in [4.78, 5) is 0.0469. The zero-order chi connectivity index (χ0) is 13.3. The van der Waals surface area contributed by atoms with Crippen LogP contribution >= 0.6 is 22.4 Å². The molecule has 0 bridgehead atoms. The summed E-state index contributed by atoms with van der Waals surface area (Å²) < 4.78 is 22.1. The highest BCUT2D eigenvalue weighted by molar-refractivity contribution is 8.13. The molecule has 3 atom stereocenters. The van der Waals surface area contributed by atoms with E-state index in [9.17, 15) is 18.6 Å². The van der Waals surface area contributed by atoms with Gasteiger partial charge in [0.15, 0.2) is 5.56 Å². The fraction of sp³-hybridized carbons (Fsp3) is 0.400. The van der Waals surface area contributed by atoms with Crippen molar-refractivity contribution in [2.75, 3.05) is 0 Å². The molecule has 0 aromatic heterocycles. The molecule has 0 saturated carbocycles. The summed E-state index contributed by atoms with van der Waals surface area (Å²) in [5.74, 6) is 0. The minimum atomic E-state index is -3.70. The average molecular weight is 310 g/mol. The van der Waals surface area contributed by atoms with Gasteiger partial charge < -0.3 is 10.2 Å². The quantitative estimate of drug-likeness (QED) is 0.703. The summed E-state index contributed by atoms with van der Waals surface area (Å²) >= 11 is 1.23. The van der Waals surface area contributed by atoms with E-state index in [1.165, 1.54) is 23.9 Å². The molecule has 1 saturated heterocycles. The van der Waals surface area contributed by atoms with Gasteiger partial charge in [-0.25, -0.2) is 8.42 Å². The van der Waals surface area contributed by atoms with Gasteiger partial charge in [0.2, 0.25) is 0 Å². The maximum absolute atomic E-state index is 11.1. The SMILES string of the molecule is O=S(=O)(Cl)c1ccc(CC2SC(O)NC2O)cc1. The number of rotatable bonds is 3. The number of aliphatic hydroxyl groups is 2. The summed E-state index contributed by atoms with van der Waals surface area (Å²) in [5.41, 5.74) is 0.0963. The lowest BCUT2D eigenvalue weighted by Gasteiger charge is -2.12. The molecule has 3 unspecified atom stereocenters. The van der Waals surface area contributed by atoms with Crippen LogP contribution in [0, 0.1) is 0 Å². The predicted octanol–water partition coefficient (Wildman–Crippen LogP) is 0.456. The summed E-state index contributed by atoms with van der Waals surface area (Å²) in [7, 11) is 1.51. The smallest absolute Gasteiger partial charge is 0.261 e. The highest BCUT2D eigenvalue weighted by Gasteiger charge is 2.31. The lowest BCUT2D eigenvalue weighted by Crippen LogP contribution is -2.33. The van der Waals surface area contributed by atoms with Gasteiger partial charge in [-0.1, -0.05) is 12.1 Å². The molecule has 100 valence electrons. The van der Waals surface area contributed by atoms with Crippen LogP contribution in [0.15, 0.2) is 29.2 Å². The number of nitrogens with one attached hydrogen (secondary N) is 1. The fourth-order valence-corrected chi connectivity index (χ4v) is 3.55. The van der Waals surface area contributed by atoms with E-state index >= 15 is 0 Å². The van der Waals surface area contributed by atoms with Crippen molar-refractivity contribution < 1.29 is 18.6 Å². The van der Waals surface area contributed by atoms with Crippen LogP contribution in [-0.2, 0) is 15.5 Å². The van der Waals surface area contributed by atoms with Crippen LogP contribution in [0.3, 0.4) is 0 Å². The van der Waals surface area contributed by atoms with Crippen LogP contribution < -0.4 is 5.32 Å². The molecule has 18 heavy (non-hydrogen) atoms. The van der Waals surface area contributed by atoms with Crippen molar-refractivity contribution in [1.82, 2.24) is 5.32 Å². The van der Waals surface area contributed by atoms with Gasteiger partial charge in [-0.2, -0.15) is 0 Å². The Kier molecular flexibility index (Phi) is 4.20. The summed E-state index contributed by atoms with van der Waals surface area (Å²) in [6.07, 6.45) is -0.250. The molecule has 1 aromatic carbocycles. The molecule has 3 N–H and O–H groups in total. The highest BCUT2D eigenvalue weighted by Crippen LogP contribution is 2.28. The molecule has 1 aliphatic heterocycles. The standard InChI is InChI=1S/C10H12ClNO4S2/c11-18(15,16)7-3-1-6(2-4-7)5-8-9(13)12-10(14)17-8/h1-4,8-10,12-14H,5H2. The Morgan fingerprint density at radius 3 is 2.33 bits per heavy atom. The number of aliphatic hydroxyl groups excluding tert-OH is 2. The molecule has 8 heteroatoms. The fourth-order valence-electron chi connectivity index (χ4n) is 1.71. The van der Waals surface area contributed by atoms with E-state index in [2.05, 4.69) is 5.32 Å². The van der Waals surface area contributed by atoms with Crippen molar-refractivity contribution in [1.29, 1.82) is 0 Å². The second kappa shape index (κ2) is 5.36. The zero-order valence-corrected chi connectivity index (χ0v) is 11.5. The van der Waals surface area contributed by atoms with E-state index in [1.807, 2.05) is 0 Å². The molecule has 0 amide bonds. The summed E-state index contributed by atoms with van der Waals surface area (Å²) in [6, 6.07) is 6.14. The van der Waals surface area contributed by atoms with E-state index in [0.29, 0.717) is 6.42 Å². The van der Waals surface area contributed by atoms with Gasteiger partial charge in [-0.3, -0.25) is 5.32 Å². The lowest BCUT2D eigenvalue weighted by molar-refractivity contribution is 0.0996. The predicted molar refractivity (Wildman–Crippen MR) is 69.7 cm³/mol. The van der Waals surface area contributed by atoms with Gasteiger partial charge in [0.25, 0.3) is 9.05 Å². The van der Waals surface area contributed by atoms with Crippen molar-refractivity contribution in [3.05, 3.63) is 29.8 Å². The largest absolute Gasteiger partial charge is 0.377 e. The van der Waals surface area contributed by atoms with E-state index in [0.717, 1.165) is 5.56 Å². The number of hydrogen-bond acceptors (Lipinski definition) is 6. The number of halogens is 1. The second-order valence-corrected chi connectivity index (χ2v) is 7.81. The molecule has 1 heterocycles. The van der Waals surface area contributed by atoms with Crippen LogP contribution in [0.5, 0.6) is 0 Å². The molecular weight excluding hydrogens is 298 g/mol.